The molecular weight excluding hydrogens is 336 g/mol. The second kappa shape index (κ2) is 8.81. The summed E-state index contributed by atoms with van der Waals surface area (Å²) in [6.07, 6.45) is 0.426. The minimum absolute atomic E-state index is 0.158. The molecule has 0 aromatic heterocycles. The van der Waals surface area contributed by atoms with Gasteiger partial charge in [-0.15, -0.1) is 0 Å². The average Bonchev–Trinajstić information content (AvgIpc) is 2.74. The van der Waals surface area contributed by atoms with Gasteiger partial charge in [-0.25, -0.2) is 0 Å². The van der Waals surface area contributed by atoms with Gasteiger partial charge in [0.1, 0.15) is 6.04 Å². The van der Waals surface area contributed by atoms with Gasteiger partial charge in [0.25, 0.3) is 5.91 Å². The summed E-state index contributed by atoms with van der Waals surface area (Å²) in [5.74, 6) is -0.416. The van der Waals surface area contributed by atoms with Crippen molar-refractivity contribution < 1.29 is 9.59 Å². The first-order valence-electron chi connectivity index (χ1n) is 8.87. The van der Waals surface area contributed by atoms with Crippen LogP contribution in [0.3, 0.4) is 0 Å². The summed E-state index contributed by atoms with van der Waals surface area (Å²) in [5.41, 5.74) is 2.31. The van der Waals surface area contributed by atoms with Crippen LogP contribution in [0, 0.1) is 0 Å². The summed E-state index contributed by atoms with van der Waals surface area (Å²) in [6.45, 7) is 0. The van der Waals surface area contributed by atoms with E-state index in [1.165, 1.54) is 0 Å². The second-order valence-corrected chi connectivity index (χ2v) is 6.31. The van der Waals surface area contributed by atoms with Crippen molar-refractivity contribution in [3.63, 3.8) is 0 Å². The van der Waals surface area contributed by atoms with E-state index in [-0.39, 0.29) is 11.8 Å². The highest BCUT2D eigenvalue weighted by molar-refractivity contribution is 6.02. The maximum Gasteiger partial charge on any atom is 0.251 e. The van der Waals surface area contributed by atoms with Crippen LogP contribution in [0.2, 0.25) is 0 Å². The molecule has 4 heteroatoms. The maximum absolute atomic E-state index is 13.1. The van der Waals surface area contributed by atoms with E-state index in [1.54, 1.807) is 36.2 Å². The molecule has 0 saturated carbocycles. The van der Waals surface area contributed by atoms with Crippen molar-refractivity contribution in [2.24, 2.45) is 0 Å². The molecule has 0 aliphatic heterocycles. The molecule has 0 saturated heterocycles. The van der Waals surface area contributed by atoms with E-state index in [9.17, 15) is 9.59 Å². The Labute approximate surface area is 159 Å². The van der Waals surface area contributed by atoms with Gasteiger partial charge >= 0.3 is 0 Å². The van der Waals surface area contributed by atoms with Gasteiger partial charge < -0.3 is 10.2 Å². The van der Waals surface area contributed by atoms with E-state index in [0.29, 0.717) is 12.0 Å². The number of hydrogen-bond donors (Lipinski definition) is 1. The fraction of sp³-hybridized carbons (Fsp3) is 0.130. The van der Waals surface area contributed by atoms with Gasteiger partial charge in [-0.2, -0.15) is 0 Å². The Kier molecular flexibility index (Phi) is 6.00. The van der Waals surface area contributed by atoms with E-state index in [4.69, 9.17) is 0 Å². The number of nitrogens with one attached hydrogen (secondary N) is 1. The smallest absolute Gasteiger partial charge is 0.251 e. The third kappa shape index (κ3) is 4.82. The van der Waals surface area contributed by atoms with Crippen molar-refractivity contribution in [3.8, 4) is 0 Å². The molecule has 2 amide bonds. The van der Waals surface area contributed by atoms with Crippen molar-refractivity contribution in [1.29, 1.82) is 0 Å². The van der Waals surface area contributed by atoms with Crippen molar-refractivity contribution >= 4 is 17.5 Å². The number of carbonyl (C=O) groups excluding carboxylic acids is 2. The van der Waals surface area contributed by atoms with Crippen molar-refractivity contribution in [1.82, 2.24) is 5.32 Å². The first-order valence-corrected chi connectivity index (χ1v) is 8.87. The molecule has 1 N–H and O–H groups in total. The van der Waals surface area contributed by atoms with Crippen LogP contribution in [-0.4, -0.2) is 24.9 Å². The van der Waals surface area contributed by atoms with E-state index >= 15 is 0 Å². The van der Waals surface area contributed by atoms with Gasteiger partial charge in [0.2, 0.25) is 5.91 Å². The van der Waals surface area contributed by atoms with Gasteiger partial charge in [-0.3, -0.25) is 9.59 Å². The van der Waals surface area contributed by atoms with Crippen LogP contribution < -0.4 is 10.2 Å². The molecule has 0 heterocycles. The number of nitrogens with zero attached hydrogens (tertiary/aromatic N) is 1. The van der Waals surface area contributed by atoms with Gasteiger partial charge in [-0.05, 0) is 29.8 Å². The van der Waals surface area contributed by atoms with Crippen molar-refractivity contribution in [2.75, 3.05) is 11.9 Å². The number of benzene rings is 3. The lowest BCUT2D eigenvalue weighted by molar-refractivity contribution is -0.120. The number of likely N-dealkylation sites (N-methyl/N-ethyl adjacent to an activating group) is 1. The third-order valence-electron chi connectivity index (χ3n) is 4.40. The lowest BCUT2D eigenvalue weighted by Crippen LogP contribution is -2.48. The fourth-order valence-electron chi connectivity index (χ4n) is 2.89. The molecule has 0 fully saturated rings. The first-order chi connectivity index (χ1) is 13.1. The van der Waals surface area contributed by atoms with Gasteiger partial charge in [0.15, 0.2) is 0 Å². The summed E-state index contributed by atoms with van der Waals surface area (Å²) in [4.78, 5) is 27.3. The summed E-state index contributed by atoms with van der Waals surface area (Å²) in [5, 5.41) is 2.90. The van der Waals surface area contributed by atoms with E-state index in [1.807, 2.05) is 66.7 Å². The van der Waals surface area contributed by atoms with Gasteiger partial charge in [0, 0.05) is 24.7 Å². The van der Waals surface area contributed by atoms with E-state index < -0.39 is 6.04 Å². The Morgan fingerprint density at radius 1 is 0.815 bits per heavy atom. The number of anilines is 1. The number of carbonyl (C=O) groups is 2. The monoisotopic (exact) mass is 358 g/mol. The van der Waals surface area contributed by atoms with Crippen LogP contribution in [-0.2, 0) is 11.2 Å². The molecule has 0 aliphatic rings. The molecule has 3 rings (SSSR count). The van der Waals surface area contributed by atoms with Gasteiger partial charge in [-0.1, -0.05) is 66.7 Å². The van der Waals surface area contributed by atoms with E-state index in [2.05, 4.69) is 5.32 Å². The number of para-hydroxylation sites is 1. The summed E-state index contributed by atoms with van der Waals surface area (Å²) >= 11 is 0. The van der Waals surface area contributed by atoms with E-state index in [0.717, 1.165) is 11.3 Å². The molecule has 1 atom stereocenters. The number of hydrogen-bond acceptors (Lipinski definition) is 2. The standard InChI is InChI=1S/C23H22N2O2/c1-25(20-15-9-4-10-16-20)23(27)21(17-18-11-5-2-6-12-18)24-22(26)19-13-7-3-8-14-19/h2-16,21H,17H2,1H3,(H,24,26). The van der Waals surface area contributed by atoms with Crippen LogP contribution in [0.25, 0.3) is 0 Å². The molecule has 0 aliphatic carbocycles. The Hall–Kier alpha value is -3.40. The van der Waals surface area contributed by atoms with Crippen molar-refractivity contribution in [2.45, 2.75) is 12.5 Å². The van der Waals surface area contributed by atoms with Crippen LogP contribution in [0.5, 0.6) is 0 Å². The third-order valence-corrected chi connectivity index (χ3v) is 4.40. The SMILES string of the molecule is CN(C(=O)C(Cc1ccccc1)NC(=O)c1ccccc1)c1ccccc1. The summed E-state index contributed by atoms with van der Waals surface area (Å²) in [7, 11) is 1.73. The normalized spacial score (nSPS) is 11.4. The molecule has 4 nitrogen and oxygen atoms in total. The lowest BCUT2D eigenvalue weighted by atomic mass is 10.0. The fourth-order valence-corrected chi connectivity index (χ4v) is 2.89. The van der Waals surface area contributed by atoms with Crippen molar-refractivity contribution in [3.05, 3.63) is 102 Å². The molecule has 3 aromatic carbocycles. The highest BCUT2D eigenvalue weighted by Crippen LogP contribution is 2.14. The lowest BCUT2D eigenvalue weighted by Gasteiger charge is -2.25. The topological polar surface area (TPSA) is 49.4 Å². The minimum atomic E-state index is -0.662. The molecule has 3 aromatic rings. The first kappa shape index (κ1) is 18.4. The molecule has 0 bridgehead atoms. The quantitative estimate of drug-likeness (QED) is 0.731. The Balaban J connectivity index is 1.82. The molecule has 0 radical (unpaired) electrons. The zero-order valence-electron chi connectivity index (χ0n) is 15.2. The maximum atomic E-state index is 13.1. The van der Waals surface area contributed by atoms with Gasteiger partial charge in [0.05, 0.1) is 0 Å². The van der Waals surface area contributed by atoms with Crippen LogP contribution in [0.15, 0.2) is 91.0 Å². The largest absolute Gasteiger partial charge is 0.340 e. The summed E-state index contributed by atoms with van der Waals surface area (Å²) < 4.78 is 0. The zero-order valence-corrected chi connectivity index (χ0v) is 15.2. The Morgan fingerprint density at radius 3 is 1.93 bits per heavy atom. The predicted octanol–water partition coefficient (Wildman–Crippen LogP) is 3.69. The Bertz CT molecular complexity index is 880. The van der Waals surface area contributed by atoms with Crippen LogP contribution in [0.4, 0.5) is 5.69 Å². The molecule has 0 spiro atoms. The molecular formula is C23H22N2O2. The molecule has 27 heavy (non-hydrogen) atoms. The molecule has 136 valence electrons. The number of rotatable bonds is 6. The predicted molar refractivity (Wildman–Crippen MR) is 108 cm³/mol. The van der Waals surface area contributed by atoms with Crippen LogP contribution >= 0.6 is 0 Å². The average molecular weight is 358 g/mol. The second-order valence-electron chi connectivity index (χ2n) is 6.31. The van der Waals surface area contributed by atoms with Crippen LogP contribution in [0.1, 0.15) is 15.9 Å². The summed E-state index contributed by atoms with van der Waals surface area (Å²) in [6, 6.07) is 27.4. The zero-order chi connectivity index (χ0) is 19.1. The highest BCUT2D eigenvalue weighted by Gasteiger charge is 2.25. The number of amides is 2. The minimum Gasteiger partial charge on any atom is -0.340 e. The molecule has 1 unspecified atom stereocenters. The Morgan fingerprint density at radius 2 is 1.33 bits per heavy atom. The highest BCUT2D eigenvalue weighted by atomic mass is 16.2.